The Kier molecular flexibility index (Phi) is 6.13. The highest BCUT2D eigenvalue weighted by Crippen LogP contribution is 2.21. The van der Waals surface area contributed by atoms with Crippen LogP contribution in [-0.2, 0) is 10.0 Å². The minimum Gasteiger partial charge on any atom is -0.492 e. The van der Waals surface area contributed by atoms with Gasteiger partial charge in [0.25, 0.3) is 5.91 Å². The monoisotopic (exact) mass is 388 g/mol. The normalized spacial score (nSPS) is 14.9. The first-order valence-electron chi connectivity index (χ1n) is 9.05. The van der Waals surface area contributed by atoms with E-state index in [2.05, 4.69) is 5.32 Å². The van der Waals surface area contributed by atoms with Crippen LogP contribution >= 0.6 is 0 Å². The van der Waals surface area contributed by atoms with Gasteiger partial charge < -0.3 is 10.1 Å². The Balaban J connectivity index is 1.57. The van der Waals surface area contributed by atoms with Gasteiger partial charge in [0.15, 0.2) is 0 Å². The van der Waals surface area contributed by atoms with E-state index in [4.69, 9.17) is 4.74 Å². The molecule has 2 aromatic carbocycles. The van der Waals surface area contributed by atoms with Crippen LogP contribution in [0.3, 0.4) is 0 Å². The van der Waals surface area contributed by atoms with Crippen molar-refractivity contribution < 1.29 is 17.9 Å². The predicted molar refractivity (Wildman–Crippen MR) is 103 cm³/mol. The summed E-state index contributed by atoms with van der Waals surface area (Å²) < 4.78 is 32.3. The molecule has 0 atom stereocenters. The first-order chi connectivity index (χ1) is 13.0. The Morgan fingerprint density at radius 1 is 1.11 bits per heavy atom. The second-order valence-corrected chi connectivity index (χ2v) is 8.50. The summed E-state index contributed by atoms with van der Waals surface area (Å²) in [6.45, 7) is 3.72. The number of rotatable bonds is 7. The second kappa shape index (κ2) is 8.54. The summed E-state index contributed by atoms with van der Waals surface area (Å²) in [6.07, 6.45) is 1.75. The molecule has 1 fully saturated rings. The number of amides is 1. The third-order valence-electron chi connectivity index (χ3n) is 4.44. The van der Waals surface area contributed by atoms with Gasteiger partial charge in [-0.3, -0.25) is 4.79 Å². The molecule has 1 N–H and O–H groups in total. The smallest absolute Gasteiger partial charge is 0.251 e. The Hall–Kier alpha value is -2.38. The average molecular weight is 388 g/mol. The molecule has 7 heteroatoms. The van der Waals surface area contributed by atoms with Crippen molar-refractivity contribution in [2.45, 2.75) is 24.7 Å². The zero-order chi connectivity index (χ0) is 19.3. The number of nitrogens with zero attached hydrogens (tertiary/aromatic N) is 1. The first kappa shape index (κ1) is 19.4. The third kappa shape index (κ3) is 4.87. The van der Waals surface area contributed by atoms with Crippen LogP contribution in [0.15, 0.2) is 53.4 Å². The number of carbonyl (C=O) groups excluding carboxylic acids is 1. The van der Waals surface area contributed by atoms with Crippen molar-refractivity contribution in [3.05, 3.63) is 59.7 Å². The molecule has 1 aliphatic rings. The lowest BCUT2D eigenvalue weighted by Crippen LogP contribution is -2.30. The summed E-state index contributed by atoms with van der Waals surface area (Å²) in [5.74, 6) is 0.435. The van der Waals surface area contributed by atoms with E-state index in [1.165, 1.54) is 16.4 Å². The number of hydrogen-bond acceptors (Lipinski definition) is 4. The van der Waals surface area contributed by atoms with E-state index < -0.39 is 10.0 Å². The molecule has 0 aliphatic carbocycles. The molecule has 1 saturated heterocycles. The maximum absolute atomic E-state index is 12.6. The number of benzene rings is 2. The van der Waals surface area contributed by atoms with Crippen molar-refractivity contribution in [3.63, 3.8) is 0 Å². The van der Waals surface area contributed by atoms with Gasteiger partial charge in [-0.1, -0.05) is 18.2 Å². The van der Waals surface area contributed by atoms with E-state index in [-0.39, 0.29) is 10.8 Å². The summed E-state index contributed by atoms with van der Waals surface area (Å²) in [5, 5.41) is 2.76. The second-order valence-electron chi connectivity index (χ2n) is 6.56. The van der Waals surface area contributed by atoms with Gasteiger partial charge in [-0.25, -0.2) is 8.42 Å². The number of aryl methyl sites for hydroxylation is 1. The van der Waals surface area contributed by atoms with Crippen molar-refractivity contribution >= 4 is 15.9 Å². The van der Waals surface area contributed by atoms with E-state index in [1.54, 1.807) is 12.1 Å². The zero-order valence-electron chi connectivity index (χ0n) is 15.3. The number of sulfonamides is 1. The minimum absolute atomic E-state index is 0.160. The molecule has 3 rings (SSSR count). The summed E-state index contributed by atoms with van der Waals surface area (Å²) >= 11 is 0. The average Bonchev–Trinajstić information content (AvgIpc) is 3.21. The zero-order valence-corrected chi connectivity index (χ0v) is 16.2. The molecule has 27 heavy (non-hydrogen) atoms. The standard InChI is InChI=1S/C20H24N2O4S/c1-16-6-4-8-18(14-16)26-13-10-21-20(23)17-7-5-9-19(15-17)27(24,25)22-11-2-3-12-22/h4-9,14-15H,2-3,10-13H2,1H3,(H,21,23). The Labute approximate surface area is 160 Å². The number of ether oxygens (including phenoxy) is 1. The fraction of sp³-hybridized carbons (Fsp3) is 0.350. The molecule has 0 saturated carbocycles. The molecule has 144 valence electrons. The van der Waals surface area contributed by atoms with Gasteiger partial charge in [-0.05, 0) is 55.7 Å². The van der Waals surface area contributed by atoms with Crippen LogP contribution in [0.4, 0.5) is 0 Å². The van der Waals surface area contributed by atoms with E-state index in [9.17, 15) is 13.2 Å². The van der Waals surface area contributed by atoms with Gasteiger partial charge in [-0.15, -0.1) is 0 Å². The van der Waals surface area contributed by atoms with Crippen molar-refractivity contribution in [1.82, 2.24) is 9.62 Å². The van der Waals surface area contributed by atoms with E-state index in [0.717, 1.165) is 24.2 Å². The van der Waals surface area contributed by atoms with Crippen LogP contribution in [0.25, 0.3) is 0 Å². The van der Waals surface area contributed by atoms with Gasteiger partial charge in [0, 0.05) is 18.7 Å². The highest BCUT2D eigenvalue weighted by Gasteiger charge is 2.27. The first-order valence-corrected chi connectivity index (χ1v) is 10.5. The molecule has 0 aromatic heterocycles. The van der Waals surface area contributed by atoms with Crippen LogP contribution in [0, 0.1) is 6.92 Å². The molecule has 0 spiro atoms. The molecule has 0 bridgehead atoms. The number of nitrogens with one attached hydrogen (secondary N) is 1. The number of carbonyl (C=O) groups is 1. The topological polar surface area (TPSA) is 75.7 Å². The van der Waals surface area contributed by atoms with Gasteiger partial charge in [0.05, 0.1) is 11.4 Å². The molecule has 1 aliphatic heterocycles. The van der Waals surface area contributed by atoms with E-state index >= 15 is 0 Å². The molecule has 6 nitrogen and oxygen atoms in total. The van der Waals surface area contributed by atoms with E-state index in [0.29, 0.717) is 31.8 Å². The fourth-order valence-corrected chi connectivity index (χ4v) is 4.58. The van der Waals surface area contributed by atoms with Crippen LogP contribution in [0.2, 0.25) is 0 Å². The highest BCUT2D eigenvalue weighted by atomic mass is 32.2. The maximum atomic E-state index is 12.6. The van der Waals surface area contributed by atoms with Crippen molar-refractivity contribution in [3.8, 4) is 5.75 Å². The largest absolute Gasteiger partial charge is 0.492 e. The molecule has 2 aromatic rings. The van der Waals surface area contributed by atoms with Gasteiger partial charge in [0.2, 0.25) is 10.0 Å². The summed E-state index contributed by atoms with van der Waals surface area (Å²) in [7, 11) is -3.53. The molecular weight excluding hydrogens is 364 g/mol. The molecule has 1 heterocycles. The summed E-state index contributed by atoms with van der Waals surface area (Å²) in [4.78, 5) is 12.5. The van der Waals surface area contributed by atoms with Gasteiger partial charge >= 0.3 is 0 Å². The Morgan fingerprint density at radius 3 is 2.59 bits per heavy atom. The summed E-state index contributed by atoms with van der Waals surface area (Å²) in [6, 6.07) is 13.9. The Bertz CT molecular complexity index is 906. The lowest BCUT2D eigenvalue weighted by molar-refractivity contribution is 0.0946. The van der Waals surface area contributed by atoms with Crippen LogP contribution in [-0.4, -0.2) is 44.9 Å². The molecular formula is C20H24N2O4S. The van der Waals surface area contributed by atoms with Crippen molar-refractivity contribution in [2.75, 3.05) is 26.2 Å². The molecule has 0 radical (unpaired) electrons. The summed E-state index contributed by atoms with van der Waals surface area (Å²) in [5.41, 5.74) is 1.43. The van der Waals surface area contributed by atoms with Crippen molar-refractivity contribution in [2.24, 2.45) is 0 Å². The Morgan fingerprint density at radius 2 is 1.85 bits per heavy atom. The van der Waals surface area contributed by atoms with Crippen LogP contribution < -0.4 is 10.1 Å². The highest BCUT2D eigenvalue weighted by molar-refractivity contribution is 7.89. The lowest BCUT2D eigenvalue weighted by Gasteiger charge is -2.16. The van der Waals surface area contributed by atoms with E-state index in [1.807, 2.05) is 31.2 Å². The maximum Gasteiger partial charge on any atom is 0.251 e. The molecule has 1 amide bonds. The fourth-order valence-electron chi connectivity index (χ4n) is 3.02. The third-order valence-corrected chi connectivity index (χ3v) is 6.34. The van der Waals surface area contributed by atoms with Crippen molar-refractivity contribution in [1.29, 1.82) is 0 Å². The SMILES string of the molecule is Cc1cccc(OCCNC(=O)c2cccc(S(=O)(=O)N3CCCC3)c2)c1. The number of hydrogen-bond donors (Lipinski definition) is 1. The minimum atomic E-state index is -3.53. The molecule has 0 unspecified atom stereocenters. The van der Waals surface area contributed by atoms with Gasteiger partial charge in [-0.2, -0.15) is 4.31 Å². The van der Waals surface area contributed by atoms with Crippen LogP contribution in [0.5, 0.6) is 5.75 Å². The quantitative estimate of drug-likeness (QED) is 0.740. The predicted octanol–water partition coefficient (Wildman–Crippen LogP) is 2.59. The van der Waals surface area contributed by atoms with Crippen LogP contribution in [0.1, 0.15) is 28.8 Å². The lowest BCUT2D eigenvalue weighted by atomic mass is 10.2. The van der Waals surface area contributed by atoms with Gasteiger partial charge in [0.1, 0.15) is 12.4 Å².